The number of benzene rings is 2. The molecule has 1 heterocycles. The molecule has 3 rings (SSSR count). The highest BCUT2D eigenvalue weighted by molar-refractivity contribution is 7.87. The zero-order valence-electron chi connectivity index (χ0n) is 13.9. The van der Waals surface area contributed by atoms with Gasteiger partial charge in [0.2, 0.25) is 34.8 Å². The van der Waals surface area contributed by atoms with Crippen molar-refractivity contribution in [1.82, 2.24) is 5.06 Å². The van der Waals surface area contributed by atoms with E-state index in [9.17, 15) is 30.4 Å². The third kappa shape index (κ3) is 3.43. The van der Waals surface area contributed by atoms with Gasteiger partial charge in [0.25, 0.3) is 0 Å². The van der Waals surface area contributed by atoms with Crippen LogP contribution in [0.4, 0.5) is 22.0 Å². The van der Waals surface area contributed by atoms with Crippen molar-refractivity contribution in [3.63, 3.8) is 0 Å². The lowest BCUT2D eigenvalue weighted by atomic mass is 10.0. The number of hydrogen-bond donors (Lipinski definition) is 0. The first-order chi connectivity index (χ1) is 13.1. The summed E-state index contributed by atoms with van der Waals surface area (Å²) in [5, 5.41) is -0.237. The van der Waals surface area contributed by atoms with Crippen molar-refractivity contribution in [1.29, 1.82) is 0 Å². The number of nitrogens with zero attached hydrogens (tertiary/aromatic N) is 1. The van der Waals surface area contributed by atoms with Crippen LogP contribution in [0, 0.1) is 29.1 Å². The van der Waals surface area contributed by atoms with E-state index in [1.165, 1.54) is 19.2 Å². The molecule has 152 valence electrons. The van der Waals surface area contributed by atoms with E-state index in [2.05, 4.69) is 4.18 Å². The van der Waals surface area contributed by atoms with Gasteiger partial charge in [-0.25, -0.2) is 13.2 Å². The Balaban J connectivity index is 2.03. The first-order valence-electron chi connectivity index (χ1n) is 7.61. The van der Waals surface area contributed by atoms with E-state index in [1.54, 1.807) is 12.1 Å². The molecule has 0 N–H and O–H groups in total. The molecule has 12 heteroatoms. The molecule has 1 saturated heterocycles. The lowest BCUT2D eigenvalue weighted by Gasteiger charge is -2.23. The summed E-state index contributed by atoms with van der Waals surface area (Å²) < 4.78 is 97.0. The Morgan fingerprint density at radius 3 is 2.14 bits per heavy atom. The predicted octanol–water partition coefficient (Wildman–Crippen LogP) is 3.73. The van der Waals surface area contributed by atoms with E-state index in [0.717, 1.165) is 5.06 Å². The fraction of sp³-hybridized carbons (Fsp3) is 0.250. The van der Waals surface area contributed by atoms with E-state index in [0.29, 0.717) is 5.56 Å². The van der Waals surface area contributed by atoms with Crippen LogP contribution in [0.25, 0.3) is 0 Å². The third-order valence-corrected chi connectivity index (χ3v) is 6.03. The summed E-state index contributed by atoms with van der Waals surface area (Å²) in [6, 6.07) is 5.09. The van der Waals surface area contributed by atoms with Crippen LogP contribution < -0.4 is 4.18 Å². The van der Waals surface area contributed by atoms with Gasteiger partial charge in [-0.3, -0.25) is 4.84 Å². The Labute approximate surface area is 161 Å². The van der Waals surface area contributed by atoms with Crippen molar-refractivity contribution in [2.75, 3.05) is 13.7 Å². The second kappa shape index (κ2) is 7.47. The number of halogens is 6. The Hall–Kier alpha value is -1.95. The summed E-state index contributed by atoms with van der Waals surface area (Å²) in [7, 11) is -3.52. The van der Waals surface area contributed by atoms with E-state index in [4.69, 9.17) is 16.4 Å². The standard InChI is InChI=1S/C16H11ClF5NO4S/c1-23-15(7-4-2-3-5-8(7)17)9(6-26-23)28(24,25)27-16-13(21)11(19)10(18)12(20)14(16)22/h2-5,9,15H,6H2,1H3. The first-order valence-corrected chi connectivity index (χ1v) is 9.46. The molecule has 0 spiro atoms. The van der Waals surface area contributed by atoms with Crippen LogP contribution in [-0.4, -0.2) is 32.4 Å². The lowest BCUT2D eigenvalue weighted by molar-refractivity contribution is -0.110. The first kappa shape index (κ1) is 20.8. The zero-order chi connectivity index (χ0) is 20.8. The third-order valence-electron chi connectivity index (χ3n) is 4.15. The maximum absolute atomic E-state index is 13.8. The Morgan fingerprint density at radius 1 is 1.04 bits per heavy atom. The minimum atomic E-state index is -4.91. The van der Waals surface area contributed by atoms with Crippen LogP contribution in [0.15, 0.2) is 24.3 Å². The molecule has 1 fully saturated rings. The fourth-order valence-electron chi connectivity index (χ4n) is 2.78. The molecule has 0 aliphatic carbocycles. The minimum Gasteiger partial charge on any atom is -0.376 e. The van der Waals surface area contributed by atoms with Crippen LogP contribution in [0.1, 0.15) is 11.6 Å². The van der Waals surface area contributed by atoms with E-state index < -0.39 is 62.9 Å². The van der Waals surface area contributed by atoms with E-state index in [1.807, 2.05) is 0 Å². The summed E-state index contributed by atoms with van der Waals surface area (Å²) in [5.74, 6) is -13.8. The van der Waals surface area contributed by atoms with Gasteiger partial charge >= 0.3 is 10.1 Å². The predicted molar refractivity (Wildman–Crippen MR) is 87.5 cm³/mol. The molecule has 2 aromatic rings. The van der Waals surface area contributed by atoms with Gasteiger partial charge in [0, 0.05) is 12.1 Å². The average Bonchev–Trinajstić information content (AvgIpc) is 3.05. The summed E-state index contributed by atoms with van der Waals surface area (Å²) in [4.78, 5) is 5.16. The zero-order valence-corrected chi connectivity index (χ0v) is 15.5. The molecule has 2 unspecified atom stereocenters. The summed E-state index contributed by atoms with van der Waals surface area (Å²) in [5.41, 5.74) is 0.304. The second-order valence-electron chi connectivity index (χ2n) is 5.82. The molecule has 5 nitrogen and oxygen atoms in total. The van der Waals surface area contributed by atoms with Gasteiger partial charge in [-0.15, -0.1) is 0 Å². The van der Waals surface area contributed by atoms with Gasteiger partial charge in [-0.2, -0.15) is 22.3 Å². The van der Waals surface area contributed by atoms with Crippen LogP contribution in [-0.2, 0) is 15.0 Å². The van der Waals surface area contributed by atoms with Crippen molar-refractivity contribution in [2.45, 2.75) is 11.3 Å². The molecule has 2 atom stereocenters. The summed E-state index contributed by atoms with van der Waals surface area (Å²) in [6.07, 6.45) is 0. The van der Waals surface area contributed by atoms with Crippen molar-refractivity contribution in [3.8, 4) is 5.75 Å². The SMILES string of the molecule is CN1OCC(S(=O)(=O)Oc2c(F)c(F)c(F)c(F)c2F)C1c1ccccc1Cl. The van der Waals surface area contributed by atoms with Crippen LogP contribution in [0.5, 0.6) is 5.75 Å². The number of rotatable bonds is 4. The van der Waals surface area contributed by atoms with E-state index >= 15 is 0 Å². The highest BCUT2D eigenvalue weighted by Gasteiger charge is 2.46. The molecule has 1 aliphatic heterocycles. The Bertz CT molecular complexity index is 1010. The van der Waals surface area contributed by atoms with Gasteiger partial charge in [0.1, 0.15) is 5.25 Å². The second-order valence-corrected chi connectivity index (χ2v) is 7.99. The molecular formula is C16H11ClF5NO4S. The van der Waals surface area contributed by atoms with Crippen molar-refractivity contribution < 1.29 is 39.4 Å². The van der Waals surface area contributed by atoms with Crippen LogP contribution >= 0.6 is 11.6 Å². The monoisotopic (exact) mass is 443 g/mol. The fourth-order valence-corrected chi connectivity index (χ4v) is 4.40. The highest BCUT2D eigenvalue weighted by Crippen LogP contribution is 2.39. The Morgan fingerprint density at radius 2 is 1.57 bits per heavy atom. The molecule has 0 bridgehead atoms. The average molecular weight is 444 g/mol. The minimum absolute atomic E-state index is 0.182. The molecule has 2 aromatic carbocycles. The largest absolute Gasteiger partial charge is 0.376 e. The molecule has 28 heavy (non-hydrogen) atoms. The van der Waals surface area contributed by atoms with Crippen LogP contribution in [0.2, 0.25) is 5.02 Å². The Kier molecular flexibility index (Phi) is 5.54. The molecule has 0 saturated carbocycles. The molecule has 1 aliphatic rings. The van der Waals surface area contributed by atoms with Crippen molar-refractivity contribution in [2.24, 2.45) is 0 Å². The van der Waals surface area contributed by atoms with Gasteiger partial charge < -0.3 is 4.18 Å². The number of hydrogen-bond acceptors (Lipinski definition) is 5. The molecule has 0 radical (unpaired) electrons. The lowest BCUT2D eigenvalue weighted by Crippen LogP contribution is -2.34. The summed E-state index contributed by atoms with van der Waals surface area (Å²) >= 11 is 6.08. The van der Waals surface area contributed by atoms with Crippen molar-refractivity contribution in [3.05, 3.63) is 63.9 Å². The maximum atomic E-state index is 13.8. The summed E-state index contributed by atoms with van der Waals surface area (Å²) in [6.45, 7) is -0.496. The molecular weight excluding hydrogens is 433 g/mol. The number of hydroxylamine groups is 2. The van der Waals surface area contributed by atoms with E-state index in [-0.39, 0.29) is 5.02 Å². The highest BCUT2D eigenvalue weighted by atomic mass is 35.5. The topological polar surface area (TPSA) is 55.8 Å². The van der Waals surface area contributed by atoms with Gasteiger partial charge in [-0.05, 0) is 11.6 Å². The molecule has 0 amide bonds. The normalized spacial score (nSPS) is 20.5. The quantitative estimate of drug-likeness (QED) is 0.312. The maximum Gasteiger partial charge on any atom is 0.316 e. The smallest absolute Gasteiger partial charge is 0.316 e. The van der Waals surface area contributed by atoms with Gasteiger partial charge in [0.05, 0.1) is 12.6 Å². The van der Waals surface area contributed by atoms with Crippen LogP contribution in [0.3, 0.4) is 0 Å². The van der Waals surface area contributed by atoms with Gasteiger partial charge in [0.15, 0.2) is 0 Å². The van der Waals surface area contributed by atoms with Gasteiger partial charge in [-0.1, -0.05) is 29.8 Å². The van der Waals surface area contributed by atoms with Crippen molar-refractivity contribution >= 4 is 21.7 Å². The molecule has 0 aromatic heterocycles.